The molecular weight excluding hydrogens is 450 g/mol. The van der Waals surface area contributed by atoms with Gasteiger partial charge in [0.05, 0.1) is 4.90 Å². The molecule has 3 aromatic rings. The molecular formula is C23H24ClN3O4S. The van der Waals surface area contributed by atoms with Gasteiger partial charge in [-0.1, -0.05) is 29.8 Å². The number of nitrogens with zero attached hydrogens (tertiary/aromatic N) is 2. The maximum atomic E-state index is 13.1. The van der Waals surface area contributed by atoms with Crippen LogP contribution in [0.25, 0.3) is 10.9 Å². The largest absolute Gasteiger partial charge is 0.341 e. The average molecular weight is 474 g/mol. The van der Waals surface area contributed by atoms with Crippen LogP contribution in [0, 0.1) is 0 Å². The third-order valence-corrected chi connectivity index (χ3v) is 7.44. The molecule has 2 heterocycles. The molecule has 0 bridgehead atoms. The molecule has 9 heteroatoms. The van der Waals surface area contributed by atoms with Crippen LogP contribution in [0.15, 0.2) is 59.6 Å². The molecule has 0 atom stereocenters. The van der Waals surface area contributed by atoms with Gasteiger partial charge < -0.3 is 14.8 Å². The first kappa shape index (κ1) is 22.4. The van der Waals surface area contributed by atoms with Crippen LogP contribution >= 0.6 is 11.6 Å². The van der Waals surface area contributed by atoms with Gasteiger partial charge in [-0.15, -0.1) is 0 Å². The zero-order valence-corrected chi connectivity index (χ0v) is 19.0. The van der Waals surface area contributed by atoms with Crippen LogP contribution in [0.2, 0.25) is 5.02 Å². The zero-order valence-electron chi connectivity index (χ0n) is 17.5. The Kier molecular flexibility index (Phi) is 6.53. The number of para-hydroxylation sites is 1. The van der Waals surface area contributed by atoms with Gasteiger partial charge in [0.1, 0.15) is 12.3 Å². The Morgan fingerprint density at radius 1 is 0.969 bits per heavy atom. The van der Waals surface area contributed by atoms with E-state index < -0.39 is 21.5 Å². The van der Waals surface area contributed by atoms with Crippen LogP contribution in [0.3, 0.4) is 0 Å². The van der Waals surface area contributed by atoms with E-state index in [1.54, 1.807) is 53.1 Å². The van der Waals surface area contributed by atoms with Crippen molar-refractivity contribution in [2.24, 2.45) is 0 Å². The molecule has 32 heavy (non-hydrogen) atoms. The van der Waals surface area contributed by atoms with E-state index in [-0.39, 0.29) is 17.3 Å². The maximum absolute atomic E-state index is 13.1. The summed E-state index contributed by atoms with van der Waals surface area (Å²) in [4.78, 5) is 27.1. The van der Waals surface area contributed by atoms with Crippen LogP contribution in [0.4, 0.5) is 5.69 Å². The average Bonchev–Trinajstić information content (AvgIpc) is 3.15. The molecule has 2 amide bonds. The third kappa shape index (κ3) is 4.97. The first-order valence-corrected chi connectivity index (χ1v) is 12.5. The van der Waals surface area contributed by atoms with Gasteiger partial charge in [-0.25, -0.2) is 8.42 Å². The molecule has 1 aliphatic rings. The smallest absolute Gasteiger partial charge is 0.242 e. The molecule has 1 N–H and O–H groups in total. The van der Waals surface area contributed by atoms with Crippen molar-refractivity contribution in [3.8, 4) is 0 Å². The van der Waals surface area contributed by atoms with E-state index in [0.717, 1.165) is 32.4 Å². The van der Waals surface area contributed by atoms with Crippen molar-refractivity contribution in [2.75, 3.05) is 24.2 Å². The van der Waals surface area contributed by atoms with E-state index in [2.05, 4.69) is 5.32 Å². The number of halogens is 1. The SMILES string of the molecule is O=C(CS(=O)(=O)c1cn(CC(=O)N2CCCCC2)c2ccccc12)Nc1ccc(Cl)cc1. The van der Waals surface area contributed by atoms with Gasteiger partial charge in [0.25, 0.3) is 0 Å². The summed E-state index contributed by atoms with van der Waals surface area (Å²) in [6.07, 6.45) is 4.56. The Balaban J connectivity index is 1.56. The minimum absolute atomic E-state index is 0.0325. The number of anilines is 1. The Morgan fingerprint density at radius 2 is 1.66 bits per heavy atom. The van der Waals surface area contributed by atoms with Gasteiger partial charge in [-0.3, -0.25) is 9.59 Å². The van der Waals surface area contributed by atoms with Crippen LogP contribution in [0.1, 0.15) is 19.3 Å². The molecule has 7 nitrogen and oxygen atoms in total. The van der Waals surface area contributed by atoms with Gasteiger partial charge in [0.2, 0.25) is 11.8 Å². The van der Waals surface area contributed by atoms with E-state index in [1.807, 2.05) is 4.90 Å². The number of aromatic nitrogens is 1. The number of likely N-dealkylation sites (tertiary alicyclic amines) is 1. The highest BCUT2D eigenvalue weighted by molar-refractivity contribution is 7.92. The molecule has 2 aromatic carbocycles. The molecule has 0 saturated carbocycles. The summed E-state index contributed by atoms with van der Waals surface area (Å²) < 4.78 is 27.9. The summed E-state index contributed by atoms with van der Waals surface area (Å²) in [5.74, 6) is -1.38. The van der Waals surface area contributed by atoms with Gasteiger partial charge in [0, 0.05) is 40.9 Å². The lowest BCUT2D eigenvalue weighted by atomic mass is 10.1. The van der Waals surface area contributed by atoms with Crippen LogP contribution in [0.5, 0.6) is 0 Å². The second-order valence-electron chi connectivity index (χ2n) is 7.89. The lowest BCUT2D eigenvalue weighted by Crippen LogP contribution is -2.37. The lowest BCUT2D eigenvalue weighted by molar-refractivity contribution is -0.132. The van der Waals surface area contributed by atoms with Crippen molar-refractivity contribution >= 4 is 49.8 Å². The molecule has 0 spiro atoms. The van der Waals surface area contributed by atoms with Crippen molar-refractivity contribution in [2.45, 2.75) is 30.7 Å². The first-order chi connectivity index (χ1) is 15.3. The molecule has 0 aliphatic carbocycles. The summed E-state index contributed by atoms with van der Waals surface area (Å²) in [6, 6.07) is 13.4. The zero-order chi connectivity index (χ0) is 22.7. The topological polar surface area (TPSA) is 88.5 Å². The minimum Gasteiger partial charge on any atom is -0.341 e. The number of piperidine rings is 1. The maximum Gasteiger partial charge on any atom is 0.242 e. The standard InChI is InChI=1S/C23H24ClN3O4S/c24-17-8-10-18(11-9-17)25-22(28)16-32(30,31)21-14-27(20-7-3-2-6-19(20)21)15-23(29)26-12-4-1-5-13-26/h2-3,6-11,14H,1,4-5,12-13,15-16H2,(H,25,28). The Morgan fingerprint density at radius 3 is 2.38 bits per heavy atom. The van der Waals surface area contributed by atoms with Crippen molar-refractivity contribution in [3.05, 3.63) is 59.8 Å². The van der Waals surface area contributed by atoms with Gasteiger partial charge in [0.15, 0.2) is 9.84 Å². The fraction of sp³-hybridized carbons (Fsp3) is 0.304. The van der Waals surface area contributed by atoms with Crippen molar-refractivity contribution in [1.29, 1.82) is 0 Å². The molecule has 0 unspecified atom stereocenters. The van der Waals surface area contributed by atoms with Gasteiger partial charge >= 0.3 is 0 Å². The predicted octanol–water partition coefficient (Wildman–Crippen LogP) is 3.72. The van der Waals surface area contributed by atoms with E-state index in [1.165, 1.54) is 6.20 Å². The van der Waals surface area contributed by atoms with Gasteiger partial charge in [-0.05, 0) is 49.6 Å². The van der Waals surface area contributed by atoms with E-state index in [0.29, 0.717) is 21.6 Å². The number of benzene rings is 2. The highest BCUT2D eigenvalue weighted by Crippen LogP contribution is 2.27. The highest BCUT2D eigenvalue weighted by Gasteiger charge is 2.26. The second-order valence-corrected chi connectivity index (χ2v) is 10.3. The fourth-order valence-electron chi connectivity index (χ4n) is 3.96. The minimum atomic E-state index is -3.94. The summed E-state index contributed by atoms with van der Waals surface area (Å²) in [5.41, 5.74) is 1.11. The summed E-state index contributed by atoms with van der Waals surface area (Å²) in [6.45, 7) is 1.52. The van der Waals surface area contributed by atoms with Crippen LogP contribution in [-0.2, 0) is 26.0 Å². The number of sulfone groups is 1. The summed E-state index contributed by atoms with van der Waals surface area (Å²) >= 11 is 5.84. The second kappa shape index (κ2) is 9.34. The van der Waals surface area contributed by atoms with Crippen LogP contribution in [-0.4, -0.2) is 48.5 Å². The number of rotatable bonds is 6. The third-order valence-electron chi connectivity index (χ3n) is 5.55. The number of carbonyl (C=O) groups excluding carboxylic acids is 2. The number of amides is 2. The Bertz CT molecular complexity index is 1250. The predicted molar refractivity (Wildman–Crippen MR) is 125 cm³/mol. The lowest BCUT2D eigenvalue weighted by Gasteiger charge is -2.27. The monoisotopic (exact) mass is 473 g/mol. The molecule has 168 valence electrons. The van der Waals surface area contributed by atoms with Crippen molar-refractivity contribution in [1.82, 2.24) is 9.47 Å². The summed E-state index contributed by atoms with van der Waals surface area (Å²) in [5, 5.41) is 3.60. The van der Waals surface area contributed by atoms with E-state index >= 15 is 0 Å². The Hall–Kier alpha value is -2.84. The fourth-order valence-corrected chi connectivity index (χ4v) is 5.46. The molecule has 1 saturated heterocycles. The highest BCUT2D eigenvalue weighted by atomic mass is 35.5. The van der Waals surface area contributed by atoms with E-state index in [4.69, 9.17) is 11.6 Å². The number of carbonyl (C=O) groups is 2. The molecule has 1 aromatic heterocycles. The number of fused-ring (bicyclic) bond motifs is 1. The quantitative estimate of drug-likeness (QED) is 0.591. The Labute approximate surface area is 191 Å². The normalized spacial score (nSPS) is 14.5. The first-order valence-electron chi connectivity index (χ1n) is 10.5. The number of hydrogen-bond acceptors (Lipinski definition) is 4. The van der Waals surface area contributed by atoms with E-state index in [9.17, 15) is 18.0 Å². The summed E-state index contributed by atoms with van der Waals surface area (Å²) in [7, 11) is -3.94. The van der Waals surface area contributed by atoms with Crippen LogP contribution < -0.4 is 5.32 Å². The van der Waals surface area contributed by atoms with Crippen molar-refractivity contribution in [3.63, 3.8) is 0 Å². The van der Waals surface area contributed by atoms with Crippen molar-refractivity contribution < 1.29 is 18.0 Å². The molecule has 1 fully saturated rings. The molecule has 0 radical (unpaired) electrons. The number of hydrogen-bond donors (Lipinski definition) is 1. The number of nitrogens with one attached hydrogen (secondary N) is 1. The molecule has 4 rings (SSSR count). The molecule has 1 aliphatic heterocycles. The van der Waals surface area contributed by atoms with Gasteiger partial charge in [-0.2, -0.15) is 0 Å².